The third kappa shape index (κ3) is 5.73. The van der Waals surface area contributed by atoms with E-state index in [1.807, 2.05) is 54.6 Å². The Morgan fingerprint density at radius 1 is 0.974 bits per heavy atom. The zero-order valence-corrected chi connectivity index (χ0v) is 22.6. The molecule has 2 aliphatic rings. The predicted octanol–water partition coefficient (Wildman–Crippen LogP) is 5.58. The summed E-state index contributed by atoms with van der Waals surface area (Å²) in [5.41, 5.74) is 5.84. The van der Waals surface area contributed by atoms with E-state index in [0.717, 1.165) is 59.8 Å². The van der Waals surface area contributed by atoms with Crippen LogP contribution in [0.4, 0.5) is 17.1 Å². The van der Waals surface area contributed by atoms with Gasteiger partial charge in [0.15, 0.2) is 0 Å². The van der Waals surface area contributed by atoms with Crippen molar-refractivity contribution < 1.29 is 9.59 Å². The number of likely N-dealkylation sites (tertiary alicyclic amines) is 1. The first-order valence-corrected chi connectivity index (χ1v) is 13.5. The molecule has 1 saturated heterocycles. The van der Waals surface area contributed by atoms with Gasteiger partial charge in [0.05, 0.1) is 30.9 Å². The number of nitrogens with one attached hydrogen (secondary N) is 2. The molecule has 3 heterocycles. The fraction of sp³-hybridized carbons (Fsp3) is 0.387. The van der Waals surface area contributed by atoms with Crippen molar-refractivity contribution in [1.82, 2.24) is 9.88 Å². The number of benzene rings is 2. The van der Waals surface area contributed by atoms with Gasteiger partial charge in [-0.2, -0.15) is 0 Å². The maximum atomic E-state index is 13.7. The average molecular weight is 512 g/mol. The van der Waals surface area contributed by atoms with Gasteiger partial charge in [-0.3, -0.25) is 19.5 Å². The highest BCUT2D eigenvalue weighted by Crippen LogP contribution is 2.37. The smallest absolute Gasteiger partial charge is 0.261 e. The van der Waals surface area contributed by atoms with Gasteiger partial charge < -0.3 is 15.5 Å². The average Bonchev–Trinajstić information content (AvgIpc) is 3.25. The van der Waals surface area contributed by atoms with E-state index in [4.69, 9.17) is 0 Å². The van der Waals surface area contributed by atoms with Crippen LogP contribution < -0.4 is 15.5 Å². The number of nitrogens with zero attached hydrogens (tertiary/aromatic N) is 3. The number of pyridine rings is 1. The molecular formula is C31H37N5O2. The Balaban J connectivity index is 1.37. The van der Waals surface area contributed by atoms with Crippen molar-refractivity contribution in [1.29, 1.82) is 0 Å². The van der Waals surface area contributed by atoms with Crippen molar-refractivity contribution >= 4 is 28.9 Å². The fourth-order valence-electron chi connectivity index (χ4n) is 5.37. The first-order valence-electron chi connectivity index (χ1n) is 13.5. The molecule has 0 spiro atoms. The zero-order chi connectivity index (χ0) is 26.7. The number of piperidine rings is 1. The summed E-state index contributed by atoms with van der Waals surface area (Å²) >= 11 is 0. The minimum Gasteiger partial charge on any atom is -0.379 e. The lowest BCUT2D eigenvalue weighted by molar-refractivity contribution is -0.117. The van der Waals surface area contributed by atoms with Crippen LogP contribution in [0.5, 0.6) is 0 Å². The Kier molecular flexibility index (Phi) is 7.47. The van der Waals surface area contributed by atoms with E-state index < -0.39 is 0 Å². The number of fused-ring (bicyclic) bond motifs is 1. The standard InChI is InChI=1S/C31H37N5O2/c1-31(2,3)25-14-13-24(18-27(25)34-28(37)21-35-16-7-4-8-17-35)36-20-22-10-9-12-26(29(22)30(36)38)33-19-23-11-5-6-15-32-23/h5-6,9-15,18,33H,4,7-8,16-17,19-21H2,1-3H3,(H,34,37). The summed E-state index contributed by atoms with van der Waals surface area (Å²) in [6, 6.07) is 17.7. The van der Waals surface area contributed by atoms with Gasteiger partial charge in [-0.05, 0) is 72.8 Å². The molecule has 0 unspecified atom stereocenters. The van der Waals surface area contributed by atoms with Gasteiger partial charge in [-0.1, -0.05) is 51.5 Å². The topological polar surface area (TPSA) is 77.6 Å². The highest BCUT2D eigenvalue weighted by Gasteiger charge is 2.32. The number of carbonyl (C=O) groups excluding carboxylic acids is 2. The van der Waals surface area contributed by atoms with Crippen LogP contribution in [0.25, 0.3) is 0 Å². The lowest BCUT2D eigenvalue weighted by atomic mass is 9.85. The van der Waals surface area contributed by atoms with Crippen LogP contribution in [-0.2, 0) is 23.3 Å². The molecule has 2 N–H and O–H groups in total. The molecule has 7 heteroatoms. The molecule has 0 bridgehead atoms. The molecule has 7 nitrogen and oxygen atoms in total. The van der Waals surface area contributed by atoms with E-state index in [9.17, 15) is 9.59 Å². The van der Waals surface area contributed by atoms with Gasteiger partial charge in [0.25, 0.3) is 5.91 Å². The summed E-state index contributed by atoms with van der Waals surface area (Å²) in [6.45, 7) is 9.78. The molecule has 1 aromatic heterocycles. The molecule has 0 saturated carbocycles. The number of hydrogen-bond acceptors (Lipinski definition) is 5. The lowest BCUT2D eigenvalue weighted by Crippen LogP contribution is -2.37. The maximum Gasteiger partial charge on any atom is 0.261 e. The minimum atomic E-state index is -0.160. The van der Waals surface area contributed by atoms with Crippen molar-refractivity contribution in [3.8, 4) is 0 Å². The molecule has 2 aliphatic heterocycles. The molecule has 2 amide bonds. The molecule has 3 aromatic rings. The van der Waals surface area contributed by atoms with Crippen LogP contribution in [0, 0.1) is 0 Å². The van der Waals surface area contributed by atoms with Crippen LogP contribution in [0.2, 0.25) is 0 Å². The van der Waals surface area contributed by atoms with Crippen molar-refractivity contribution in [3.63, 3.8) is 0 Å². The van der Waals surface area contributed by atoms with Crippen molar-refractivity contribution in [2.24, 2.45) is 0 Å². The summed E-state index contributed by atoms with van der Waals surface area (Å²) in [4.78, 5) is 35.1. The van der Waals surface area contributed by atoms with Gasteiger partial charge in [-0.15, -0.1) is 0 Å². The fourth-order valence-corrected chi connectivity index (χ4v) is 5.37. The van der Waals surface area contributed by atoms with Crippen molar-refractivity contribution in [2.75, 3.05) is 35.2 Å². The Labute approximate surface area is 225 Å². The second-order valence-electron chi connectivity index (χ2n) is 11.3. The van der Waals surface area contributed by atoms with E-state index in [0.29, 0.717) is 25.2 Å². The molecule has 5 rings (SSSR count). The van der Waals surface area contributed by atoms with E-state index >= 15 is 0 Å². The number of amides is 2. The zero-order valence-electron chi connectivity index (χ0n) is 22.6. The van der Waals surface area contributed by atoms with E-state index in [1.165, 1.54) is 6.42 Å². The summed E-state index contributed by atoms with van der Waals surface area (Å²) in [5.74, 6) is -0.0511. The number of rotatable bonds is 7. The molecular weight excluding hydrogens is 474 g/mol. The van der Waals surface area contributed by atoms with Gasteiger partial charge in [0.1, 0.15) is 0 Å². The lowest BCUT2D eigenvalue weighted by Gasteiger charge is -2.28. The van der Waals surface area contributed by atoms with Gasteiger partial charge in [0.2, 0.25) is 5.91 Å². The van der Waals surface area contributed by atoms with E-state index in [1.54, 1.807) is 11.1 Å². The minimum absolute atomic E-state index is 0.00778. The molecule has 1 fully saturated rings. The Morgan fingerprint density at radius 2 is 1.79 bits per heavy atom. The van der Waals surface area contributed by atoms with Crippen molar-refractivity contribution in [3.05, 3.63) is 83.2 Å². The summed E-state index contributed by atoms with van der Waals surface area (Å²) in [7, 11) is 0. The third-order valence-corrected chi connectivity index (χ3v) is 7.34. The molecule has 38 heavy (non-hydrogen) atoms. The number of anilines is 3. The maximum absolute atomic E-state index is 13.7. The number of aromatic nitrogens is 1. The monoisotopic (exact) mass is 511 g/mol. The van der Waals surface area contributed by atoms with E-state index in [2.05, 4.69) is 41.3 Å². The highest BCUT2D eigenvalue weighted by molar-refractivity contribution is 6.13. The van der Waals surface area contributed by atoms with Crippen LogP contribution in [0.3, 0.4) is 0 Å². The Bertz CT molecular complexity index is 1310. The van der Waals surface area contributed by atoms with Gasteiger partial charge >= 0.3 is 0 Å². The SMILES string of the molecule is CC(C)(C)c1ccc(N2Cc3cccc(NCc4ccccn4)c3C2=O)cc1NC(=O)CN1CCCCC1. The predicted molar refractivity (Wildman–Crippen MR) is 153 cm³/mol. The first-order chi connectivity index (χ1) is 18.3. The Hall–Kier alpha value is -3.71. The molecule has 198 valence electrons. The number of hydrogen-bond donors (Lipinski definition) is 2. The summed E-state index contributed by atoms with van der Waals surface area (Å²) in [6.07, 6.45) is 5.29. The van der Waals surface area contributed by atoms with Gasteiger partial charge in [0, 0.05) is 23.3 Å². The Morgan fingerprint density at radius 3 is 2.53 bits per heavy atom. The van der Waals surface area contributed by atoms with Crippen LogP contribution in [0.15, 0.2) is 60.8 Å². The first kappa shape index (κ1) is 25.9. The van der Waals surface area contributed by atoms with E-state index in [-0.39, 0.29) is 17.2 Å². The van der Waals surface area contributed by atoms with Crippen LogP contribution >= 0.6 is 0 Å². The second kappa shape index (κ2) is 11.0. The molecule has 0 radical (unpaired) electrons. The molecule has 0 aliphatic carbocycles. The van der Waals surface area contributed by atoms with Crippen LogP contribution in [0.1, 0.15) is 67.2 Å². The number of carbonyl (C=O) groups is 2. The summed E-state index contributed by atoms with van der Waals surface area (Å²) < 4.78 is 0. The third-order valence-electron chi connectivity index (χ3n) is 7.34. The largest absolute Gasteiger partial charge is 0.379 e. The van der Waals surface area contributed by atoms with Crippen LogP contribution in [-0.4, -0.2) is 41.3 Å². The van der Waals surface area contributed by atoms with Crippen molar-refractivity contribution in [2.45, 2.75) is 58.5 Å². The highest BCUT2D eigenvalue weighted by atomic mass is 16.2. The van der Waals surface area contributed by atoms with Gasteiger partial charge in [-0.25, -0.2) is 0 Å². The normalized spacial score (nSPS) is 15.9. The quantitative estimate of drug-likeness (QED) is 0.433. The summed E-state index contributed by atoms with van der Waals surface area (Å²) in [5, 5.41) is 6.57. The molecule has 0 atom stereocenters. The molecule has 2 aromatic carbocycles. The second-order valence-corrected chi connectivity index (χ2v) is 11.3.